The van der Waals surface area contributed by atoms with Crippen molar-refractivity contribution >= 4 is 22.9 Å². The van der Waals surface area contributed by atoms with Crippen LogP contribution in [0, 0.1) is 5.92 Å². The summed E-state index contributed by atoms with van der Waals surface area (Å²) in [6.07, 6.45) is 5.32. The Morgan fingerprint density at radius 3 is 3.26 bits per heavy atom. The molecular formula is C17H18N4OS. The lowest BCUT2D eigenvalue weighted by Gasteiger charge is -2.16. The number of carbonyl (C=O) groups is 1. The van der Waals surface area contributed by atoms with Crippen molar-refractivity contribution in [3.8, 4) is 0 Å². The van der Waals surface area contributed by atoms with Crippen LogP contribution in [0.15, 0.2) is 30.5 Å². The number of thiophene rings is 1. The number of pyridine rings is 1. The SMILES string of the molecule is C[C@@H]1CCc2sc(C(=O)NCc3nnc4ccccn34)cc2C1. The fourth-order valence-corrected chi connectivity index (χ4v) is 4.20. The maximum Gasteiger partial charge on any atom is 0.261 e. The number of hydrogen-bond acceptors (Lipinski definition) is 4. The van der Waals surface area contributed by atoms with E-state index in [4.69, 9.17) is 0 Å². The van der Waals surface area contributed by atoms with Gasteiger partial charge in [0.15, 0.2) is 11.5 Å². The number of amides is 1. The molecule has 0 radical (unpaired) electrons. The summed E-state index contributed by atoms with van der Waals surface area (Å²) in [4.78, 5) is 14.6. The molecule has 3 heterocycles. The van der Waals surface area contributed by atoms with Crippen molar-refractivity contribution in [2.75, 3.05) is 0 Å². The summed E-state index contributed by atoms with van der Waals surface area (Å²) in [5, 5.41) is 11.2. The lowest BCUT2D eigenvalue weighted by atomic mass is 9.90. The van der Waals surface area contributed by atoms with E-state index >= 15 is 0 Å². The van der Waals surface area contributed by atoms with Gasteiger partial charge in [-0.2, -0.15) is 0 Å². The average Bonchev–Trinajstić information content (AvgIpc) is 3.16. The van der Waals surface area contributed by atoms with Crippen LogP contribution in [0.25, 0.3) is 5.65 Å². The van der Waals surface area contributed by atoms with Crippen molar-refractivity contribution in [2.24, 2.45) is 5.92 Å². The van der Waals surface area contributed by atoms with Crippen molar-refractivity contribution in [1.29, 1.82) is 0 Å². The highest BCUT2D eigenvalue weighted by atomic mass is 32.1. The summed E-state index contributed by atoms with van der Waals surface area (Å²) < 4.78 is 1.89. The zero-order chi connectivity index (χ0) is 15.8. The van der Waals surface area contributed by atoms with E-state index in [9.17, 15) is 4.79 Å². The Morgan fingerprint density at radius 1 is 1.43 bits per heavy atom. The monoisotopic (exact) mass is 326 g/mol. The molecule has 0 aliphatic heterocycles. The molecule has 0 saturated heterocycles. The number of nitrogens with zero attached hydrogens (tertiary/aromatic N) is 3. The van der Waals surface area contributed by atoms with E-state index in [1.54, 1.807) is 11.3 Å². The Kier molecular flexibility index (Phi) is 3.61. The van der Waals surface area contributed by atoms with Crippen LogP contribution in [0.3, 0.4) is 0 Å². The third kappa shape index (κ3) is 2.74. The summed E-state index contributed by atoms with van der Waals surface area (Å²) in [6.45, 7) is 2.65. The number of rotatable bonds is 3. The number of aryl methyl sites for hydroxylation is 1. The highest BCUT2D eigenvalue weighted by Crippen LogP contribution is 2.32. The van der Waals surface area contributed by atoms with Gasteiger partial charge in [-0.1, -0.05) is 13.0 Å². The lowest BCUT2D eigenvalue weighted by molar-refractivity contribution is 0.0954. The van der Waals surface area contributed by atoms with Crippen molar-refractivity contribution in [3.63, 3.8) is 0 Å². The van der Waals surface area contributed by atoms with Gasteiger partial charge in [0.2, 0.25) is 0 Å². The Bertz CT molecular complexity index is 866. The summed E-state index contributed by atoms with van der Waals surface area (Å²) in [6, 6.07) is 7.80. The molecule has 0 aromatic carbocycles. The predicted molar refractivity (Wildman–Crippen MR) is 89.7 cm³/mol. The van der Waals surface area contributed by atoms with Crippen LogP contribution in [0.5, 0.6) is 0 Å². The summed E-state index contributed by atoms with van der Waals surface area (Å²) in [7, 11) is 0. The molecule has 0 unspecified atom stereocenters. The standard InChI is InChI=1S/C17H18N4OS/c1-11-5-6-13-12(8-11)9-14(23-13)17(22)18-10-16-20-19-15-4-2-3-7-21(15)16/h2-4,7,9,11H,5-6,8,10H2,1H3,(H,18,22)/t11-/m1/s1. The van der Waals surface area contributed by atoms with E-state index in [2.05, 4.69) is 28.5 Å². The van der Waals surface area contributed by atoms with Gasteiger partial charge in [0.1, 0.15) is 0 Å². The second kappa shape index (κ2) is 5.77. The fraction of sp³-hybridized carbons (Fsp3) is 0.353. The minimum absolute atomic E-state index is 0.0234. The first-order valence-corrected chi connectivity index (χ1v) is 8.71. The molecule has 5 nitrogen and oxygen atoms in total. The minimum atomic E-state index is -0.0234. The highest BCUT2D eigenvalue weighted by Gasteiger charge is 2.20. The van der Waals surface area contributed by atoms with Gasteiger partial charge in [0, 0.05) is 11.1 Å². The molecule has 118 valence electrons. The summed E-state index contributed by atoms with van der Waals surface area (Å²) >= 11 is 1.63. The van der Waals surface area contributed by atoms with E-state index in [1.807, 2.05) is 28.8 Å². The van der Waals surface area contributed by atoms with Gasteiger partial charge in [0.25, 0.3) is 5.91 Å². The molecule has 1 aliphatic rings. The van der Waals surface area contributed by atoms with Gasteiger partial charge < -0.3 is 5.32 Å². The van der Waals surface area contributed by atoms with Crippen LogP contribution >= 0.6 is 11.3 Å². The van der Waals surface area contributed by atoms with Gasteiger partial charge in [-0.3, -0.25) is 9.20 Å². The molecule has 23 heavy (non-hydrogen) atoms. The molecule has 1 atom stereocenters. The third-order valence-electron chi connectivity index (χ3n) is 4.34. The van der Waals surface area contributed by atoms with E-state index in [0.29, 0.717) is 6.54 Å². The zero-order valence-electron chi connectivity index (χ0n) is 13.0. The van der Waals surface area contributed by atoms with Gasteiger partial charge in [-0.25, -0.2) is 0 Å². The van der Waals surface area contributed by atoms with Crippen LogP contribution in [0.1, 0.15) is 39.3 Å². The molecule has 0 bridgehead atoms. The van der Waals surface area contributed by atoms with Crippen LogP contribution in [-0.4, -0.2) is 20.5 Å². The van der Waals surface area contributed by atoms with Gasteiger partial charge in [-0.15, -0.1) is 21.5 Å². The van der Waals surface area contributed by atoms with E-state index < -0.39 is 0 Å². The van der Waals surface area contributed by atoms with Crippen molar-refractivity contribution in [3.05, 3.63) is 51.6 Å². The molecular weight excluding hydrogens is 308 g/mol. The second-order valence-electron chi connectivity index (χ2n) is 6.13. The number of aromatic nitrogens is 3. The van der Waals surface area contributed by atoms with Gasteiger partial charge >= 0.3 is 0 Å². The smallest absolute Gasteiger partial charge is 0.261 e. The fourth-order valence-electron chi connectivity index (χ4n) is 3.08. The van der Waals surface area contributed by atoms with Crippen molar-refractivity contribution in [1.82, 2.24) is 19.9 Å². The lowest BCUT2D eigenvalue weighted by Crippen LogP contribution is -2.23. The molecule has 4 rings (SSSR count). The normalized spacial score (nSPS) is 17.2. The molecule has 3 aromatic heterocycles. The molecule has 0 fully saturated rings. The average molecular weight is 326 g/mol. The summed E-state index contributed by atoms with van der Waals surface area (Å²) in [5.41, 5.74) is 2.14. The zero-order valence-corrected chi connectivity index (χ0v) is 13.8. The Morgan fingerprint density at radius 2 is 2.35 bits per heavy atom. The number of fused-ring (bicyclic) bond motifs is 2. The maximum absolute atomic E-state index is 12.4. The highest BCUT2D eigenvalue weighted by molar-refractivity contribution is 7.14. The van der Waals surface area contributed by atoms with E-state index in [1.165, 1.54) is 16.9 Å². The number of nitrogens with one attached hydrogen (secondary N) is 1. The topological polar surface area (TPSA) is 59.3 Å². The van der Waals surface area contributed by atoms with Crippen LogP contribution in [0.2, 0.25) is 0 Å². The number of hydrogen-bond donors (Lipinski definition) is 1. The Hall–Kier alpha value is -2.21. The van der Waals surface area contributed by atoms with Crippen molar-refractivity contribution in [2.45, 2.75) is 32.7 Å². The predicted octanol–water partition coefficient (Wildman–Crippen LogP) is 2.85. The molecule has 3 aromatic rings. The molecule has 6 heteroatoms. The molecule has 1 amide bonds. The maximum atomic E-state index is 12.4. The second-order valence-corrected chi connectivity index (χ2v) is 7.27. The first-order chi connectivity index (χ1) is 11.2. The first-order valence-electron chi connectivity index (χ1n) is 7.89. The van der Waals surface area contributed by atoms with Crippen LogP contribution in [0.4, 0.5) is 0 Å². The Balaban J connectivity index is 1.48. The first kappa shape index (κ1) is 14.4. The molecule has 0 saturated carbocycles. The molecule has 0 spiro atoms. The minimum Gasteiger partial charge on any atom is -0.344 e. The van der Waals surface area contributed by atoms with E-state index in [0.717, 1.165) is 35.1 Å². The Labute approximate surface area is 138 Å². The third-order valence-corrected chi connectivity index (χ3v) is 5.58. The van der Waals surface area contributed by atoms with Crippen molar-refractivity contribution < 1.29 is 4.79 Å². The largest absolute Gasteiger partial charge is 0.344 e. The summed E-state index contributed by atoms with van der Waals surface area (Å²) in [5.74, 6) is 1.43. The quantitative estimate of drug-likeness (QED) is 0.805. The van der Waals surface area contributed by atoms with Gasteiger partial charge in [0.05, 0.1) is 11.4 Å². The van der Waals surface area contributed by atoms with Crippen LogP contribution < -0.4 is 5.32 Å². The molecule has 1 aliphatic carbocycles. The molecule has 1 N–H and O–H groups in total. The van der Waals surface area contributed by atoms with E-state index in [-0.39, 0.29) is 5.91 Å². The number of carbonyl (C=O) groups excluding carboxylic acids is 1. The van der Waals surface area contributed by atoms with Gasteiger partial charge in [-0.05, 0) is 48.9 Å². The van der Waals surface area contributed by atoms with Crippen LogP contribution in [-0.2, 0) is 19.4 Å².